The maximum atomic E-state index is 13.7. The van der Waals surface area contributed by atoms with E-state index in [-0.39, 0.29) is 57.7 Å². The summed E-state index contributed by atoms with van der Waals surface area (Å²) in [5, 5.41) is 5.80. The predicted molar refractivity (Wildman–Crippen MR) is 297 cm³/mol. The Labute approximate surface area is 461 Å². The summed E-state index contributed by atoms with van der Waals surface area (Å²) in [6, 6.07) is 14.5. The molecule has 0 saturated carbocycles. The van der Waals surface area contributed by atoms with Gasteiger partial charge in [-0.15, -0.1) is 0 Å². The van der Waals surface area contributed by atoms with Crippen LogP contribution in [0.2, 0.25) is 0 Å². The molecule has 21 heteroatoms. The van der Waals surface area contributed by atoms with Gasteiger partial charge in [0.1, 0.15) is 29.2 Å². The normalized spacial score (nSPS) is 17.9. The number of nitrogens with zero attached hydrogens (tertiary/aromatic N) is 3. The molecule has 0 bridgehead atoms. The van der Waals surface area contributed by atoms with E-state index in [9.17, 15) is 33.6 Å². The topological polar surface area (TPSA) is 244 Å². The average Bonchev–Trinajstić information content (AvgIpc) is 4.03. The summed E-state index contributed by atoms with van der Waals surface area (Å²) in [6.45, 7) is 23.7. The molecule has 1 saturated heterocycles. The molecule has 4 heterocycles. The van der Waals surface area contributed by atoms with Crippen LogP contribution in [-0.2, 0) is 38.5 Å². The van der Waals surface area contributed by atoms with Crippen LogP contribution < -0.4 is 36.1 Å². The van der Waals surface area contributed by atoms with E-state index >= 15 is 0 Å². The minimum absolute atomic E-state index is 0.0941. The summed E-state index contributed by atoms with van der Waals surface area (Å²) >= 11 is 0. The third-order valence-electron chi connectivity index (χ3n) is 13.3. The number of fused-ring (bicyclic) bond motifs is 6. The Hall–Kier alpha value is -6.99. The van der Waals surface area contributed by atoms with Crippen molar-refractivity contribution in [1.82, 2.24) is 24.9 Å². The Kier molecular flexibility index (Phi) is 18.9. The SMILES string of the molecule is CCN=COP(OC1CC(n2cc(/C=C/C(=O)NCCCCCCNC(=O)c3ccc4c(c3)C3(OC4=O)c4ccc(OC(=O)C(C)(C)C)cc4Oc4cc(OC(=O)C(C)(C)C)ccc43)c(=O)[nH]c2=O)OC1C)N(C(C)C)C(C)C. The Balaban J connectivity index is 0.935. The first-order valence-corrected chi connectivity index (χ1v) is 27.9. The number of carbonyl (C=O) groups is 5. The minimum Gasteiger partial charge on any atom is -0.456 e. The maximum absolute atomic E-state index is 13.7. The number of amides is 2. The van der Waals surface area contributed by atoms with Crippen LogP contribution in [0.4, 0.5) is 0 Å². The van der Waals surface area contributed by atoms with E-state index in [1.54, 1.807) is 84.0 Å². The fraction of sp³-hybridized carbons (Fsp3) is 0.483. The molecule has 0 radical (unpaired) electrons. The van der Waals surface area contributed by atoms with Crippen LogP contribution in [0, 0.1) is 10.8 Å². The number of esters is 3. The molecule has 3 aromatic carbocycles. The lowest BCUT2D eigenvalue weighted by Crippen LogP contribution is -2.35. The molecular formula is C58H73N6O14P. The monoisotopic (exact) mass is 1110 g/mol. The zero-order chi connectivity index (χ0) is 57.6. The molecule has 4 aromatic rings. The van der Waals surface area contributed by atoms with Gasteiger partial charge in [0.05, 0.1) is 34.2 Å². The van der Waals surface area contributed by atoms with Crippen molar-refractivity contribution >= 4 is 50.7 Å². The van der Waals surface area contributed by atoms with Gasteiger partial charge in [0.25, 0.3) is 11.5 Å². The molecule has 4 atom stereocenters. The summed E-state index contributed by atoms with van der Waals surface area (Å²) in [5.41, 5.74) is -2.65. The van der Waals surface area contributed by atoms with Crippen molar-refractivity contribution in [2.24, 2.45) is 15.8 Å². The van der Waals surface area contributed by atoms with E-state index in [0.717, 1.165) is 12.8 Å². The second-order valence-electron chi connectivity index (χ2n) is 22.3. The van der Waals surface area contributed by atoms with E-state index in [2.05, 4.69) is 53.0 Å². The number of aliphatic imine (C=N–C) groups is 1. The highest BCUT2D eigenvalue weighted by atomic mass is 31.2. The third kappa shape index (κ3) is 13.9. The summed E-state index contributed by atoms with van der Waals surface area (Å²) < 4.78 is 46.2. The molecule has 1 fully saturated rings. The summed E-state index contributed by atoms with van der Waals surface area (Å²) in [6.07, 6.45) is 6.89. The molecule has 0 aliphatic carbocycles. The van der Waals surface area contributed by atoms with Crippen molar-refractivity contribution in [3.63, 3.8) is 0 Å². The molecule has 3 aliphatic heterocycles. The van der Waals surface area contributed by atoms with Crippen molar-refractivity contribution in [3.8, 4) is 23.0 Å². The van der Waals surface area contributed by atoms with Crippen molar-refractivity contribution in [2.75, 3.05) is 19.6 Å². The molecular weight excluding hydrogens is 1040 g/mol. The smallest absolute Gasteiger partial charge is 0.340 e. The highest BCUT2D eigenvalue weighted by molar-refractivity contribution is 7.45. The second kappa shape index (κ2) is 25.0. The fourth-order valence-electron chi connectivity index (χ4n) is 9.11. The van der Waals surface area contributed by atoms with Gasteiger partial charge in [-0.1, -0.05) is 12.8 Å². The zero-order valence-electron chi connectivity index (χ0n) is 47.1. The quantitative estimate of drug-likeness (QED) is 0.0134. The van der Waals surface area contributed by atoms with Gasteiger partial charge < -0.3 is 43.4 Å². The first-order valence-electron chi connectivity index (χ1n) is 26.8. The molecule has 3 N–H and O–H groups in total. The largest absolute Gasteiger partial charge is 0.456 e. The van der Waals surface area contributed by atoms with Crippen molar-refractivity contribution in [3.05, 3.63) is 121 Å². The first-order chi connectivity index (χ1) is 37.3. The van der Waals surface area contributed by atoms with E-state index in [0.29, 0.717) is 55.6 Å². The van der Waals surface area contributed by atoms with E-state index in [1.165, 1.54) is 41.4 Å². The van der Waals surface area contributed by atoms with Crippen LogP contribution in [0.15, 0.2) is 81.5 Å². The average molecular weight is 1110 g/mol. The molecule has 3 aliphatic rings. The van der Waals surface area contributed by atoms with Crippen LogP contribution in [0.3, 0.4) is 0 Å². The van der Waals surface area contributed by atoms with Crippen LogP contribution in [0.25, 0.3) is 6.08 Å². The van der Waals surface area contributed by atoms with Crippen LogP contribution in [0.1, 0.15) is 164 Å². The Morgan fingerprint density at radius 2 is 1.43 bits per heavy atom. The number of H-pyrrole nitrogens is 1. The number of ether oxygens (including phenoxy) is 5. The molecule has 4 unspecified atom stereocenters. The van der Waals surface area contributed by atoms with E-state index in [4.69, 9.17) is 32.7 Å². The Morgan fingerprint density at radius 1 is 0.835 bits per heavy atom. The van der Waals surface area contributed by atoms with Gasteiger partial charge >= 0.3 is 32.1 Å². The minimum atomic E-state index is -1.60. The van der Waals surface area contributed by atoms with E-state index in [1.807, 2.05) is 13.8 Å². The third-order valence-corrected chi connectivity index (χ3v) is 15.3. The number of unbranched alkanes of at least 4 members (excludes halogenated alkanes) is 3. The molecule has 2 amide bonds. The van der Waals surface area contributed by atoms with Gasteiger partial charge in [-0.2, -0.15) is 0 Å². The highest BCUT2D eigenvalue weighted by Gasteiger charge is 2.54. The van der Waals surface area contributed by atoms with Gasteiger partial charge in [-0.25, -0.2) is 14.3 Å². The second-order valence-corrected chi connectivity index (χ2v) is 23.6. The number of hydrogen-bond acceptors (Lipinski definition) is 16. The Morgan fingerprint density at radius 3 is 2.00 bits per heavy atom. The summed E-state index contributed by atoms with van der Waals surface area (Å²) in [7, 11) is -1.56. The number of rotatable bonds is 21. The van der Waals surface area contributed by atoms with Gasteiger partial charge in [-0.3, -0.25) is 38.5 Å². The summed E-state index contributed by atoms with van der Waals surface area (Å²) in [4.78, 5) is 98.5. The fourth-order valence-corrected chi connectivity index (χ4v) is 10.8. The molecule has 1 aromatic heterocycles. The first kappa shape index (κ1) is 59.7. The number of aromatic amines is 1. The van der Waals surface area contributed by atoms with Gasteiger partial charge in [-0.05, 0) is 144 Å². The van der Waals surface area contributed by atoms with Crippen LogP contribution in [0.5, 0.6) is 23.0 Å². The van der Waals surface area contributed by atoms with Gasteiger partial charge in [0, 0.05) is 84.8 Å². The number of aromatic nitrogens is 2. The van der Waals surface area contributed by atoms with Gasteiger partial charge in [0.2, 0.25) is 5.91 Å². The number of hydrogen-bond donors (Lipinski definition) is 3. The zero-order valence-corrected chi connectivity index (χ0v) is 47.9. The maximum Gasteiger partial charge on any atom is 0.340 e. The van der Waals surface area contributed by atoms with Gasteiger partial charge in [0.15, 0.2) is 12.0 Å². The van der Waals surface area contributed by atoms with Crippen molar-refractivity contribution in [1.29, 1.82) is 0 Å². The lowest BCUT2D eigenvalue weighted by atomic mass is 9.77. The highest BCUT2D eigenvalue weighted by Crippen LogP contribution is 2.57. The lowest BCUT2D eigenvalue weighted by Gasteiger charge is -2.37. The van der Waals surface area contributed by atoms with Crippen molar-refractivity contribution < 1.29 is 56.7 Å². The standard InChI is InChI=1S/C58H73N6O14P/c1-13-59-33-72-79(64(34(2)3)35(4)5)78-45-31-49(73-36(45)6)63-32-38(51(67)62-55(63)71)19-25-48(65)60-26-16-14-15-17-27-61-50(66)37-18-22-41-44(28-37)58(77-52(41)68)42-23-20-39(74-53(69)56(7,8)9)29-46(42)76-47-30-40(21-24-43(47)58)75-54(70)57(10,11)12/h18-25,28-30,32-36,45,49H,13-17,26-27,31H2,1-12H3,(H,60,65)(H,61,66)(H,62,67,71)/b25-19+,59-33?. The summed E-state index contributed by atoms with van der Waals surface area (Å²) in [5.74, 6) is -1.53. The molecule has 1 spiro atoms. The Bertz CT molecular complexity index is 3030. The number of carbonyl (C=O) groups excluding carboxylic acids is 5. The van der Waals surface area contributed by atoms with E-state index < -0.39 is 78.5 Å². The predicted octanol–water partition coefficient (Wildman–Crippen LogP) is 9.23. The van der Waals surface area contributed by atoms with Crippen LogP contribution >= 0.6 is 8.53 Å². The number of benzene rings is 3. The van der Waals surface area contributed by atoms with Crippen LogP contribution in [-0.4, -0.2) is 94.3 Å². The molecule has 20 nitrogen and oxygen atoms in total. The molecule has 424 valence electrons. The lowest BCUT2D eigenvalue weighted by molar-refractivity contribution is -0.143. The number of nitrogens with one attached hydrogen (secondary N) is 3. The molecule has 7 rings (SSSR count). The van der Waals surface area contributed by atoms with Crippen molar-refractivity contribution in [2.45, 2.75) is 151 Å². The molecule has 79 heavy (non-hydrogen) atoms.